The third kappa shape index (κ3) is 4.27. The van der Waals surface area contributed by atoms with Gasteiger partial charge in [0.15, 0.2) is 5.65 Å². The summed E-state index contributed by atoms with van der Waals surface area (Å²) in [4.78, 5) is 47.2. The smallest absolute Gasteiger partial charge is 0.325 e. The number of anilines is 1. The van der Waals surface area contributed by atoms with Gasteiger partial charge in [0.2, 0.25) is 5.91 Å². The number of nitrogens with one attached hydrogen (secondary N) is 1. The molecule has 2 heterocycles. The maximum absolute atomic E-state index is 12.9. The summed E-state index contributed by atoms with van der Waals surface area (Å²) in [6, 6.07) is 7.57. The average Bonchev–Trinajstić information content (AvgIpc) is 3.29. The van der Waals surface area contributed by atoms with Gasteiger partial charge in [0.25, 0.3) is 5.56 Å². The van der Waals surface area contributed by atoms with E-state index in [2.05, 4.69) is 10.3 Å². The van der Waals surface area contributed by atoms with E-state index in [0.717, 1.165) is 41.5 Å². The number of nitrogens with zero attached hydrogens (tertiary/aromatic N) is 4. The number of rotatable bonds is 5. The molecule has 1 fully saturated rings. The molecular weight excluding hydrogens is 414 g/mol. The van der Waals surface area contributed by atoms with Crippen LogP contribution in [0.2, 0.25) is 0 Å². The predicted molar refractivity (Wildman–Crippen MR) is 122 cm³/mol. The first kappa shape index (κ1) is 21.3. The van der Waals surface area contributed by atoms with Crippen molar-refractivity contribution in [3.8, 4) is 0 Å². The highest BCUT2D eigenvalue weighted by Gasteiger charge is 2.24. The fraction of sp³-hybridized carbons (Fsp3) is 0.409. The number of fused-ring (bicyclic) bond motifs is 1. The maximum atomic E-state index is 12.9. The molecule has 1 aliphatic rings. The van der Waals surface area contributed by atoms with Crippen LogP contribution < -0.4 is 16.6 Å². The van der Waals surface area contributed by atoms with Crippen LogP contribution in [-0.4, -0.2) is 30.8 Å². The fourth-order valence-electron chi connectivity index (χ4n) is 3.97. The molecule has 9 heteroatoms. The highest BCUT2D eigenvalue weighted by Crippen LogP contribution is 2.34. The SMILES string of the molecule is Cc1cccc(NC(=O)CSc2nc(C3CCCC3)nc3c2c(=O)n(C)c(=O)n3C)c1. The van der Waals surface area contributed by atoms with Crippen molar-refractivity contribution in [3.63, 3.8) is 0 Å². The van der Waals surface area contributed by atoms with Crippen molar-refractivity contribution in [2.24, 2.45) is 14.1 Å². The Morgan fingerprint density at radius 2 is 1.90 bits per heavy atom. The summed E-state index contributed by atoms with van der Waals surface area (Å²) >= 11 is 1.20. The molecule has 3 aromatic rings. The Bertz CT molecular complexity index is 1270. The Morgan fingerprint density at radius 1 is 1.16 bits per heavy atom. The van der Waals surface area contributed by atoms with Gasteiger partial charge in [0, 0.05) is 25.7 Å². The second kappa shape index (κ2) is 8.66. The Morgan fingerprint density at radius 3 is 2.61 bits per heavy atom. The summed E-state index contributed by atoms with van der Waals surface area (Å²) in [5.41, 5.74) is 1.23. The van der Waals surface area contributed by atoms with E-state index < -0.39 is 11.2 Å². The lowest BCUT2D eigenvalue weighted by atomic mass is 10.1. The van der Waals surface area contributed by atoms with E-state index >= 15 is 0 Å². The minimum absolute atomic E-state index is 0.0934. The van der Waals surface area contributed by atoms with Crippen molar-refractivity contribution in [3.05, 3.63) is 56.5 Å². The highest BCUT2D eigenvalue weighted by molar-refractivity contribution is 8.00. The monoisotopic (exact) mass is 439 g/mol. The van der Waals surface area contributed by atoms with Crippen LogP contribution in [0.4, 0.5) is 5.69 Å². The molecule has 1 aliphatic carbocycles. The van der Waals surface area contributed by atoms with Crippen molar-refractivity contribution in [2.75, 3.05) is 11.1 Å². The summed E-state index contributed by atoms with van der Waals surface area (Å²) in [6.45, 7) is 1.96. The summed E-state index contributed by atoms with van der Waals surface area (Å²) in [5.74, 6) is 0.765. The van der Waals surface area contributed by atoms with E-state index in [0.29, 0.717) is 16.5 Å². The van der Waals surface area contributed by atoms with Crippen molar-refractivity contribution in [1.29, 1.82) is 0 Å². The van der Waals surface area contributed by atoms with E-state index in [9.17, 15) is 14.4 Å². The second-order valence-electron chi connectivity index (χ2n) is 7.98. The number of aromatic nitrogens is 4. The van der Waals surface area contributed by atoms with Gasteiger partial charge in [-0.15, -0.1) is 0 Å². The number of thioether (sulfide) groups is 1. The number of carbonyl (C=O) groups is 1. The van der Waals surface area contributed by atoms with Crippen molar-refractivity contribution >= 4 is 34.4 Å². The predicted octanol–water partition coefficient (Wildman–Crippen LogP) is 2.72. The van der Waals surface area contributed by atoms with Gasteiger partial charge in [-0.1, -0.05) is 36.7 Å². The van der Waals surface area contributed by atoms with Gasteiger partial charge in [-0.3, -0.25) is 18.7 Å². The minimum Gasteiger partial charge on any atom is -0.325 e. The first-order valence-corrected chi connectivity index (χ1v) is 11.3. The van der Waals surface area contributed by atoms with Crippen molar-refractivity contribution in [2.45, 2.75) is 43.6 Å². The molecular formula is C22H25N5O3S. The lowest BCUT2D eigenvalue weighted by molar-refractivity contribution is -0.113. The van der Waals surface area contributed by atoms with Gasteiger partial charge in [-0.25, -0.2) is 14.8 Å². The van der Waals surface area contributed by atoms with Gasteiger partial charge in [-0.05, 0) is 37.5 Å². The molecule has 1 aromatic carbocycles. The highest BCUT2D eigenvalue weighted by atomic mass is 32.2. The van der Waals surface area contributed by atoms with Crippen molar-refractivity contribution < 1.29 is 4.79 Å². The molecule has 1 saturated carbocycles. The second-order valence-corrected chi connectivity index (χ2v) is 8.94. The zero-order valence-corrected chi connectivity index (χ0v) is 18.7. The van der Waals surface area contributed by atoms with E-state index in [1.165, 1.54) is 23.4 Å². The molecule has 4 rings (SSSR count). The average molecular weight is 440 g/mol. The number of benzene rings is 1. The Labute approximate surface area is 183 Å². The molecule has 0 unspecified atom stereocenters. The Balaban J connectivity index is 1.70. The van der Waals surface area contributed by atoms with Crippen LogP contribution in [0.25, 0.3) is 11.0 Å². The van der Waals surface area contributed by atoms with Crippen LogP contribution in [0.1, 0.15) is 43.0 Å². The standard InChI is InChI=1S/C22H25N5O3S/c1-13-7-6-10-15(11-13)23-16(28)12-31-20-17-19(26(2)22(30)27(3)21(17)29)24-18(25-20)14-8-4-5-9-14/h6-7,10-11,14H,4-5,8-9,12H2,1-3H3,(H,23,28). The van der Waals surface area contributed by atoms with Gasteiger partial charge in [0.05, 0.1) is 5.75 Å². The van der Waals surface area contributed by atoms with Crippen LogP contribution in [0.15, 0.2) is 38.9 Å². The summed E-state index contributed by atoms with van der Waals surface area (Å²) in [7, 11) is 3.04. The van der Waals surface area contributed by atoms with Crippen LogP contribution in [0, 0.1) is 6.92 Å². The normalized spacial score (nSPS) is 14.3. The number of amides is 1. The van der Waals surface area contributed by atoms with Crippen molar-refractivity contribution in [1.82, 2.24) is 19.1 Å². The molecule has 0 radical (unpaired) electrons. The van der Waals surface area contributed by atoms with E-state index in [1.807, 2.05) is 31.2 Å². The molecule has 0 spiro atoms. The Hall–Kier alpha value is -2.94. The topological polar surface area (TPSA) is 98.9 Å². The van der Waals surface area contributed by atoms with Crippen LogP contribution in [-0.2, 0) is 18.9 Å². The maximum Gasteiger partial charge on any atom is 0.332 e. The molecule has 0 atom stereocenters. The zero-order chi connectivity index (χ0) is 22.1. The molecule has 1 amide bonds. The summed E-state index contributed by atoms with van der Waals surface area (Å²) in [5, 5.41) is 3.60. The quantitative estimate of drug-likeness (QED) is 0.485. The molecule has 0 aliphatic heterocycles. The van der Waals surface area contributed by atoms with Gasteiger partial charge in [-0.2, -0.15) is 0 Å². The summed E-state index contributed by atoms with van der Waals surface area (Å²) < 4.78 is 2.44. The molecule has 31 heavy (non-hydrogen) atoms. The van der Waals surface area contributed by atoms with E-state index in [1.54, 1.807) is 7.05 Å². The number of hydrogen-bond donors (Lipinski definition) is 1. The van der Waals surface area contributed by atoms with Gasteiger partial charge < -0.3 is 5.32 Å². The number of hydrogen-bond acceptors (Lipinski definition) is 6. The van der Waals surface area contributed by atoms with Gasteiger partial charge >= 0.3 is 5.69 Å². The number of carbonyl (C=O) groups excluding carboxylic acids is 1. The first-order valence-electron chi connectivity index (χ1n) is 10.3. The third-order valence-electron chi connectivity index (χ3n) is 5.65. The van der Waals surface area contributed by atoms with E-state index in [-0.39, 0.29) is 23.0 Å². The van der Waals surface area contributed by atoms with Gasteiger partial charge in [0.1, 0.15) is 16.2 Å². The lowest BCUT2D eigenvalue weighted by Crippen LogP contribution is -2.38. The molecule has 1 N–H and O–H groups in total. The zero-order valence-electron chi connectivity index (χ0n) is 17.8. The summed E-state index contributed by atoms with van der Waals surface area (Å²) in [6.07, 6.45) is 4.20. The first-order chi connectivity index (χ1) is 14.8. The third-order valence-corrected chi connectivity index (χ3v) is 6.62. The lowest BCUT2D eigenvalue weighted by Gasteiger charge is -2.14. The molecule has 0 saturated heterocycles. The van der Waals surface area contributed by atoms with Crippen LogP contribution in [0.3, 0.4) is 0 Å². The minimum atomic E-state index is -0.447. The molecule has 0 bridgehead atoms. The van der Waals surface area contributed by atoms with E-state index in [4.69, 9.17) is 4.98 Å². The largest absolute Gasteiger partial charge is 0.332 e. The van der Waals surface area contributed by atoms with Crippen LogP contribution >= 0.6 is 11.8 Å². The number of aryl methyl sites for hydroxylation is 2. The molecule has 2 aromatic heterocycles. The molecule has 8 nitrogen and oxygen atoms in total. The van der Waals surface area contributed by atoms with Crippen LogP contribution in [0.5, 0.6) is 0 Å². The molecule has 162 valence electrons. The Kier molecular flexibility index (Phi) is 5.95. The fourth-order valence-corrected chi connectivity index (χ4v) is 4.79.